The first-order valence-corrected chi connectivity index (χ1v) is 39.8. The van der Waals surface area contributed by atoms with Crippen molar-refractivity contribution in [3.63, 3.8) is 0 Å². The van der Waals surface area contributed by atoms with E-state index < -0.39 is 156 Å². The third-order valence-electron chi connectivity index (χ3n) is 19.1. The predicted octanol–water partition coefficient (Wildman–Crippen LogP) is 10.6. The number of ether oxygens (including phenoxy) is 7. The summed E-state index contributed by atoms with van der Waals surface area (Å²) in [6.07, 6.45) is 11.6. The molecule has 572 valence electrons. The SMILES string of the molecule is CCCCCCCCCCCCCCCCCC(=O)OC(COC(=O)CCCCCCCCCCCCCCCC)COP(=O)(O)OC1C(OC2OC(CO)C(O)C(O)C2O)C(O)C(O)C(O)C1OC1OC(COC(=O)CCCCCCCCCCCCCCC)C(O)C(O)C1O. The van der Waals surface area contributed by atoms with Crippen LogP contribution in [-0.4, -0.2) is 204 Å². The van der Waals surface area contributed by atoms with Crippen molar-refractivity contribution >= 4 is 25.7 Å². The summed E-state index contributed by atoms with van der Waals surface area (Å²) in [5, 5.41) is 110. The summed E-state index contributed by atoms with van der Waals surface area (Å²) in [5.41, 5.74) is 0. The maximum absolute atomic E-state index is 14.3. The molecule has 0 radical (unpaired) electrons. The van der Waals surface area contributed by atoms with E-state index in [9.17, 15) is 74.9 Å². The number of hydrogen-bond acceptors (Lipinski definition) is 23. The van der Waals surface area contributed by atoms with E-state index in [4.69, 9.17) is 42.2 Å². The zero-order valence-corrected chi connectivity index (χ0v) is 60.5. The highest BCUT2D eigenvalue weighted by Crippen LogP contribution is 2.49. The van der Waals surface area contributed by atoms with Gasteiger partial charge < -0.3 is 89.1 Å². The van der Waals surface area contributed by atoms with Gasteiger partial charge in [-0.2, -0.15) is 0 Å². The van der Waals surface area contributed by atoms with Crippen molar-refractivity contribution in [3.05, 3.63) is 0 Å². The molecule has 0 aromatic carbocycles. The molecular formula is C72H135O24P. The van der Waals surface area contributed by atoms with Gasteiger partial charge in [-0.3, -0.25) is 23.4 Å². The van der Waals surface area contributed by atoms with Gasteiger partial charge >= 0.3 is 25.7 Å². The van der Waals surface area contributed by atoms with Crippen molar-refractivity contribution in [3.8, 4) is 0 Å². The topological polar surface area (TPSA) is 374 Å². The third-order valence-corrected chi connectivity index (χ3v) is 20.1. The summed E-state index contributed by atoms with van der Waals surface area (Å²) in [4.78, 5) is 51.0. The van der Waals surface area contributed by atoms with Gasteiger partial charge in [-0.1, -0.05) is 271 Å². The highest BCUT2D eigenvalue weighted by atomic mass is 31.2. The molecule has 1 aliphatic carbocycles. The molecule has 2 heterocycles. The Hall–Kier alpha value is -2.04. The number of rotatable bonds is 60. The second-order valence-corrected chi connectivity index (χ2v) is 29.1. The van der Waals surface area contributed by atoms with Crippen LogP contribution < -0.4 is 0 Å². The molecule has 0 aromatic rings. The molecule has 97 heavy (non-hydrogen) atoms. The first kappa shape index (κ1) is 89.2. The number of aliphatic hydroxyl groups excluding tert-OH is 10. The number of hydrogen-bond donors (Lipinski definition) is 11. The second kappa shape index (κ2) is 54.6. The molecule has 25 heteroatoms. The van der Waals surface area contributed by atoms with E-state index >= 15 is 0 Å². The molecule has 3 fully saturated rings. The molecule has 11 N–H and O–H groups in total. The Balaban J connectivity index is 1.73. The number of unbranched alkanes of at least 4 members (excludes halogenated alkanes) is 39. The van der Waals surface area contributed by atoms with Crippen LogP contribution in [0.4, 0.5) is 0 Å². The maximum atomic E-state index is 14.3. The molecule has 0 aromatic heterocycles. The molecule has 0 amide bonds. The predicted molar refractivity (Wildman–Crippen MR) is 365 cm³/mol. The summed E-state index contributed by atoms with van der Waals surface area (Å²) in [6, 6.07) is 0. The number of carbonyl (C=O) groups excluding carboxylic acids is 3. The first-order valence-electron chi connectivity index (χ1n) is 38.3. The van der Waals surface area contributed by atoms with E-state index in [0.717, 1.165) is 89.9 Å². The van der Waals surface area contributed by atoms with Crippen molar-refractivity contribution in [2.45, 2.75) is 414 Å². The van der Waals surface area contributed by atoms with Crippen LogP contribution in [0.3, 0.4) is 0 Å². The summed E-state index contributed by atoms with van der Waals surface area (Å²) < 4.78 is 65.1. The van der Waals surface area contributed by atoms with Crippen molar-refractivity contribution in [2.24, 2.45) is 0 Å². The highest BCUT2D eigenvalue weighted by Gasteiger charge is 2.58. The fourth-order valence-corrected chi connectivity index (χ4v) is 13.8. The fourth-order valence-electron chi connectivity index (χ4n) is 12.9. The normalized spacial score (nSPS) is 27.7. The van der Waals surface area contributed by atoms with Gasteiger partial charge in [-0.15, -0.1) is 0 Å². The molecule has 1 saturated carbocycles. The van der Waals surface area contributed by atoms with Gasteiger partial charge in [-0.25, -0.2) is 4.57 Å². The molecule has 0 spiro atoms. The average molecular weight is 1420 g/mol. The van der Waals surface area contributed by atoms with Crippen LogP contribution in [0.15, 0.2) is 0 Å². The Bertz CT molecular complexity index is 2010. The molecule has 2 saturated heterocycles. The zero-order valence-electron chi connectivity index (χ0n) is 59.6. The van der Waals surface area contributed by atoms with E-state index in [0.29, 0.717) is 19.3 Å². The molecular weight excluding hydrogens is 1280 g/mol. The first-order chi connectivity index (χ1) is 46.8. The summed E-state index contributed by atoms with van der Waals surface area (Å²) in [6.45, 7) is 3.47. The van der Waals surface area contributed by atoms with Crippen LogP contribution in [0.1, 0.15) is 310 Å². The van der Waals surface area contributed by atoms with Crippen LogP contribution in [0, 0.1) is 0 Å². The molecule has 3 aliphatic rings. The van der Waals surface area contributed by atoms with Gasteiger partial charge in [0.25, 0.3) is 0 Å². The minimum Gasteiger partial charge on any atom is -0.463 e. The van der Waals surface area contributed by atoms with Crippen molar-refractivity contribution in [2.75, 3.05) is 26.4 Å². The number of phosphoric acid groups is 1. The molecule has 18 unspecified atom stereocenters. The number of aliphatic hydroxyl groups is 10. The molecule has 18 atom stereocenters. The Morgan fingerprint density at radius 1 is 0.361 bits per heavy atom. The van der Waals surface area contributed by atoms with E-state index in [1.54, 1.807) is 0 Å². The molecule has 24 nitrogen and oxygen atoms in total. The smallest absolute Gasteiger partial charge is 0.463 e. The largest absolute Gasteiger partial charge is 0.472 e. The lowest BCUT2D eigenvalue weighted by Crippen LogP contribution is -2.69. The quantitative estimate of drug-likeness (QED) is 0.0117. The standard InChI is InChI=1S/C72H135O24P/c1-4-7-10-13-16-19-22-25-27-30-33-36-39-42-45-48-58(76)91-53(50-88-56(74)46-43-40-37-34-32-29-26-23-20-17-14-11-8-5-2)51-90-97(86,87)96-70-68(94-71-66(84)61(79)59(77)54(49-73)92-71)64(82)63(81)65(83)69(70)95-72-67(85)62(80)60(78)55(93-72)52-89-57(75)47-44-41-38-35-31-28-24-21-18-15-12-9-6-3/h53-55,59-73,77-85H,4-52H2,1-3H3,(H,86,87). The second-order valence-electron chi connectivity index (χ2n) is 27.7. The Labute approximate surface area is 580 Å². The third kappa shape index (κ3) is 37.8. The van der Waals surface area contributed by atoms with Crippen LogP contribution in [0.25, 0.3) is 0 Å². The number of phosphoric ester groups is 1. The van der Waals surface area contributed by atoms with Crippen LogP contribution in [-0.2, 0) is 61.2 Å². The Kier molecular flexibility index (Phi) is 50.2. The maximum Gasteiger partial charge on any atom is 0.472 e. The van der Waals surface area contributed by atoms with Crippen LogP contribution in [0.2, 0.25) is 0 Å². The monoisotopic (exact) mass is 1410 g/mol. The number of esters is 3. The van der Waals surface area contributed by atoms with E-state index in [1.165, 1.54) is 161 Å². The lowest BCUT2D eigenvalue weighted by atomic mass is 9.84. The summed E-state index contributed by atoms with van der Waals surface area (Å²) >= 11 is 0. The highest BCUT2D eigenvalue weighted by molar-refractivity contribution is 7.47. The number of carbonyl (C=O) groups is 3. The van der Waals surface area contributed by atoms with Crippen molar-refractivity contribution in [1.29, 1.82) is 0 Å². The Morgan fingerprint density at radius 2 is 0.660 bits per heavy atom. The van der Waals surface area contributed by atoms with Gasteiger partial charge in [0.15, 0.2) is 18.7 Å². The summed E-state index contributed by atoms with van der Waals surface area (Å²) in [5.74, 6) is -1.97. The minimum atomic E-state index is -5.69. The van der Waals surface area contributed by atoms with Gasteiger partial charge in [0, 0.05) is 19.3 Å². The molecule has 3 rings (SSSR count). The van der Waals surface area contributed by atoms with Crippen LogP contribution >= 0.6 is 7.82 Å². The molecule has 0 bridgehead atoms. The van der Waals surface area contributed by atoms with Gasteiger partial charge in [-0.05, 0) is 19.3 Å². The van der Waals surface area contributed by atoms with E-state index in [2.05, 4.69) is 20.8 Å². The summed E-state index contributed by atoms with van der Waals surface area (Å²) in [7, 11) is -5.69. The average Bonchev–Trinajstić information content (AvgIpc) is 0.764. The van der Waals surface area contributed by atoms with Gasteiger partial charge in [0.2, 0.25) is 0 Å². The van der Waals surface area contributed by atoms with Crippen molar-refractivity contribution in [1.82, 2.24) is 0 Å². The lowest BCUT2D eigenvalue weighted by Gasteiger charge is -2.49. The van der Waals surface area contributed by atoms with Crippen LogP contribution in [0.5, 0.6) is 0 Å². The van der Waals surface area contributed by atoms with Gasteiger partial charge in [0.1, 0.15) is 98.7 Å². The fraction of sp³-hybridized carbons (Fsp3) is 0.958. The lowest BCUT2D eigenvalue weighted by molar-refractivity contribution is -0.360. The van der Waals surface area contributed by atoms with E-state index in [1.807, 2.05) is 0 Å². The zero-order chi connectivity index (χ0) is 71.1. The Morgan fingerprint density at radius 3 is 1.01 bits per heavy atom. The van der Waals surface area contributed by atoms with Gasteiger partial charge in [0.05, 0.1) is 13.2 Å². The van der Waals surface area contributed by atoms with E-state index in [-0.39, 0.29) is 19.3 Å². The molecule has 2 aliphatic heterocycles. The van der Waals surface area contributed by atoms with Crippen molar-refractivity contribution < 1.29 is 117 Å². The minimum absolute atomic E-state index is 0.0329.